The fraction of sp³-hybridized carbons (Fsp3) is 0.235. The van der Waals surface area contributed by atoms with Crippen LogP contribution in [-0.2, 0) is 12.8 Å². The van der Waals surface area contributed by atoms with Gasteiger partial charge in [0, 0.05) is 13.1 Å². The van der Waals surface area contributed by atoms with Gasteiger partial charge in [0.2, 0.25) is 0 Å². The Labute approximate surface area is 124 Å². The Kier molecular flexibility index (Phi) is 5.76. The van der Waals surface area contributed by atoms with Crippen LogP contribution in [0.5, 0.6) is 0 Å². The van der Waals surface area contributed by atoms with E-state index in [2.05, 4.69) is 22.4 Å². The van der Waals surface area contributed by atoms with Gasteiger partial charge in [-0.3, -0.25) is 4.99 Å². The van der Waals surface area contributed by atoms with E-state index in [-0.39, 0.29) is 5.82 Å². The van der Waals surface area contributed by atoms with Gasteiger partial charge in [-0.05, 0) is 36.1 Å². The number of aliphatic imine (C=N–C) groups is 1. The summed E-state index contributed by atoms with van der Waals surface area (Å²) in [6, 6.07) is 16.7. The number of nitrogens with two attached hydrogens (primary N) is 1. The second-order valence-corrected chi connectivity index (χ2v) is 4.81. The van der Waals surface area contributed by atoms with Crippen LogP contribution < -0.4 is 11.1 Å². The van der Waals surface area contributed by atoms with Gasteiger partial charge in [-0.1, -0.05) is 42.5 Å². The number of hydrogen-bond acceptors (Lipinski definition) is 1. The van der Waals surface area contributed by atoms with E-state index < -0.39 is 0 Å². The maximum atomic E-state index is 12.8. The first-order valence-electron chi connectivity index (χ1n) is 7.06. The summed E-state index contributed by atoms with van der Waals surface area (Å²) >= 11 is 0. The van der Waals surface area contributed by atoms with Crippen molar-refractivity contribution in [2.45, 2.75) is 12.8 Å². The summed E-state index contributed by atoms with van der Waals surface area (Å²) in [5, 5.41) is 3.09. The van der Waals surface area contributed by atoms with Crippen LogP contribution in [0.1, 0.15) is 11.1 Å². The Bertz CT molecular complexity index is 564. The smallest absolute Gasteiger partial charge is 0.188 e. The quantitative estimate of drug-likeness (QED) is 0.633. The summed E-state index contributed by atoms with van der Waals surface area (Å²) in [7, 11) is 0. The lowest BCUT2D eigenvalue weighted by atomic mass is 10.1. The fourth-order valence-electron chi connectivity index (χ4n) is 1.99. The molecule has 0 aromatic heterocycles. The number of halogens is 1. The minimum absolute atomic E-state index is 0.218. The van der Waals surface area contributed by atoms with Gasteiger partial charge in [-0.25, -0.2) is 4.39 Å². The molecule has 0 bridgehead atoms. The van der Waals surface area contributed by atoms with Gasteiger partial charge in [-0.15, -0.1) is 0 Å². The predicted octanol–water partition coefficient (Wildman–Crippen LogP) is 2.52. The lowest BCUT2D eigenvalue weighted by molar-refractivity contribution is 0.627. The molecular formula is C17H20FN3. The van der Waals surface area contributed by atoms with Gasteiger partial charge in [0.05, 0.1) is 0 Å². The number of nitrogens with zero attached hydrogens (tertiary/aromatic N) is 1. The van der Waals surface area contributed by atoms with Crippen LogP contribution >= 0.6 is 0 Å². The van der Waals surface area contributed by atoms with E-state index in [1.165, 1.54) is 17.7 Å². The summed E-state index contributed by atoms with van der Waals surface area (Å²) < 4.78 is 12.8. The summed E-state index contributed by atoms with van der Waals surface area (Å²) in [6.07, 6.45) is 1.66. The second kappa shape index (κ2) is 8.04. The molecule has 0 saturated carbocycles. The van der Waals surface area contributed by atoms with E-state index >= 15 is 0 Å². The van der Waals surface area contributed by atoms with Gasteiger partial charge in [-0.2, -0.15) is 0 Å². The lowest BCUT2D eigenvalue weighted by Crippen LogP contribution is -2.33. The number of benzene rings is 2. The van der Waals surface area contributed by atoms with Crippen LogP contribution in [0, 0.1) is 5.82 Å². The molecule has 0 atom stereocenters. The molecule has 0 radical (unpaired) electrons. The minimum atomic E-state index is -0.218. The largest absolute Gasteiger partial charge is 0.370 e. The van der Waals surface area contributed by atoms with Crippen LogP contribution in [-0.4, -0.2) is 19.0 Å². The van der Waals surface area contributed by atoms with Crippen LogP contribution in [0.25, 0.3) is 0 Å². The Hall–Kier alpha value is -2.36. The third-order valence-electron chi connectivity index (χ3n) is 3.16. The van der Waals surface area contributed by atoms with Crippen molar-refractivity contribution in [1.82, 2.24) is 5.32 Å². The molecule has 110 valence electrons. The molecule has 2 rings (SSSR count). The highest BCUT2D eigenvalue weighted by atomic mass is 19.1. The Balaban J connectivity index is 1.68. The molecule has 0 heterocycles. The normalized spacial score (nSPS) is 11.4. The fourth-order valence-corrected chi connectivity index (χ4v) is 1.99. The van der Waals surface area contributed by atoms with E-state index in [0.717, 1.165) is 24.9 Å². The monoisotopic (exact) mass is 285 g/mol. The second-order valence-electron chi connectivity index (χ2n) is 4.81. The highest BCUT2D eigenvalue weighted by Crippen LogP contribution is 2.03. The zero-order valence-electron chi connectivity index (χ0n) is 11.9. The topological polar surface area (TPSA) is 50.4 Å². The lowest BCUT2D eigenvalue weighted by Gasteiger charge is -2.06. The highest BCUT2D eigenvalue weighted by Gasteiger charge is 1.96. The van der Waals surface area contributed by atoms with Gasteiger partial charge in [0.1, 0.15) is 5.82 Å². The molecule has 0 aliphatic rings. The van der Waals surface area contributed by atoms with Crippen LogP contribution in [0.3, 0.4) is 0 Å². The van der Waals surface area contributed by atoms with Crippen LogP contribution in [0.2, 0.25) is 0 Å². The molecule has 2 aromatic carbocycles. The summed E-state index contributed by atoms with van der Waals surface area (Å²) in [5.41, 5.74) is 8.13. The average molecular weight is 285 g/mol. The molecule has 0 spiro atoms. The zero-order chi connectivity index (χ0) is 14.9. The standard InChI is InChI=1S/C17H20FN3/c18-16-8-6-15(7-9-16)11-13-21-17(19)20-12-10-14-4-2-1-3-5-14/h1-9H,10-13H2,(H3,19,20,21). The van der Waals surface area contributed by atoms with Gasteiger partial charge in [0.15, 0.2) is 5.96 Å². The average Bonchev–Trinajstić information content (AvgIpc) is 2.50. The Morgan fingerprint density at radius 1 is 0.952 bits per heavy atom. The van der Waals surface area contributed by atoms with Gasteiger partial charge >= 0.3 is 0 Å². The summed E-state index contributed by atoms with van der Waals surface area (Å²) in [6.45, 7) is 1.35. The maximum Gasteiger partial charge on any atom is 0.188 e. The zero-order valence-corrected chi connectivity index (χ0v) is 11.9. The molecule has 0 unspecified atom stereocenters. The molecule has 3 nitrogen and oxygen atoms in total. The molecule has 0 saturated heterocycles. The minimum Gasteiger partial charge on any atom is -0.370 e. The Morgan fingerprint density at radius 2 is 1.62 bits per heavy atom. The third-order valence-corrected chi connectivity index (χ3v) is 3.16. The highest BCUT2D eigenvalue weighted by molar-refractivity contribution is 5.77. The first-order chi connectivity index (χ1) is 10.2. The van der Waals surface area contributed by atoms with Crippen molar-refractivity contribution in [3.05, 3.63) is 71.5 Å². The first-order valence-corrected chi connectivity index (χ1v) is 7.06. The molecule has 2 aromatic rings. The van der Waals surface area contributed by atoms with Crippen LogP contribution in [0.15, 0.2) is 59.6 Å². The van der Waals surface area contributed by atoms with Crippen molar-refractivity contribution in [2.75, 3.05) is 13.1 Å². The van der Waals surface area contributed by atoms with Crippen molar-refractivity contribution in [1.29, 1.82) is 0 Å². The van der Waals surface area contributed by atoms with E-state index in [0.29, 0.717) is 12.5 Å². The van der Waals surface area contributed by atoms with E-state index in [1.54, 1.807) is 12.1 Å². The van der Waals surface area contributed by atoms with Crippen molar-refractivity contribution >= 4 is 5.96 Å². The van der Waals surface area contributed by atoms with Crippen molar-refractivity contribution < 1.29 is 4.39 Å². The van der Waals surface area contributed by atoms with Crippen molar-refractivity contribution in [3.8, 4) is 0 Å². The van der Waals surface area contributed by atoms with E-state index in [9.17, 15) is 4.39 Å². The molecular weight excluding hydrogens is 265 g/mol. The molecule has 0 aliphatic heterocycles. The summed E-state index contributed by atoms with van der Waals surface area (Å²) in [4.78, 5) is 4.26. The third kappa shape index (κ3) is 5.65. The summed E-state index contributed by atoms with van der Waals surface area (Å²) in [5.74, 6) is 0.234. The molecule has 21 heavy (non-hydrogen) atoms. The molecule has 4 heteroatoms. The van der Waals surface area contributed by atoms with E-state index in [1.807, 2.05) is 18.2 Å². The van der Waals surface area contributed by atoms with Gasteiger partial charge < -0.3 is 11.1 Å². The Morgan fingerprint density at radius 3 is 2.33 bits per heavy atom. The first kappa shape index (κ1) is 15.0. The number of rotatable bonds is 6. The molecule has 0 fully saturated rings. The molecule has 3 N–H and O–H groups in total. The molecule has 0 aliphatic carbocycles. The van der Waals surface area contributed by atoms with Crippen LogP contribution in [0.4, 0.5) is 4.39 Å². The maximum absolute atomic E-state index is 12.8. The van der Waals surface area contributed by atoms with E-state index in [4.69, 9.17) is 5.73 Å². The van der Waals surface area contributed by atoms with Crippen molar-refractivity contribution in [3.63, 3.8) is 0 Å². The number of nitrogens with one attached hydrogen (secondary N) is 1. The molecule has 0 amide bonds. The van der Waals surface area contributed by atoms with Gasteiger partial charge in [0.25, 0.3) is 0 Å². The predicted molar refractivity (Wildman–Crippen MR) is 84.7 cm³/mol. The number of guanidine groups is 1. The SMILES string of the molecule is NC(=NCCc1ccc(F)cc1)NCCc1ccccc1. The van der Waals surface area contributed by atoms with Crippen molar-refractivity contribution in [2.24, 2.45) is 10.7 Å². The number of hydrogen-bond donors (Lipinski definition) is 2.